The van der Waals surface area contributed by atoms with Crippen molar-refractivity contribution < 1.29 is 14.3 Å². The number of rotatable bonds is 5. The zero-order valence-corrected chi connectivity index (χ0v) is 10.4. The molecule has 0 bridgehead atoms. The lowest BCUT2D eigenvalue weighted by molar-refractivity contribution is -0.146. The highest BCUT2D eigenvalue weighted by molar-refractivity contribution is 5.69. The van der Waals surface area contributed by atoms with Gasteiger partial charge in [-0.05, 0) is 6.07 Å². The number of aromatic nitrogens is 3. The molecule has 0 aliphatic heterocycles. The number of methoxy groups -OCH3 is 1. The van der Waals surface area contributed by atoms with Crippen molar-refractivity contribution in [2.24, 2.45) is 0 Å². The topological polar surface area (TPSA) is 92.3 Å². The number of anilines is 1. The van der Waals surface area contributed by atoms with E-state index in [1.807, 2.05) is 0 Å². The summed E-state index contributed by atoms with van der Waals surface area (Å²) in [6.45, 7) is 0.105. The summed E-state index contributed by atoms with van der Waals surface area (Å²) >= 11 is 0. The van der Waals surface area contributed by atoms with Crippen LogP contribution in [0.15, 0.2) is 30.6 Å². The quantitative estimate of drug-likeness (QED) is 0.794. The van der Waals surface area contributed by atoms with Gasteiger partial charge in [-0.15, -0.1) is 0 Å². The van der Waals surface area contributed by atoms with Crippen molar-refractivity contribution in [3.63, 3.8) is 0 Å². The Bertz CT molecular complexity index is 568. The van der Waals surface area contributed by atoms with Gasteiger partial charge in [0.25, 0.3) is 0 Å². The lowest BCUT2D eigenvalue weighted by atomic mass is 10.3. The van der Waals surface area contributed by atoms with Crippen LogP contribution in [0.2, 0.25) is 0 Å². The van der Waals surface area contributed by atoms with Gasteiger partial charge in [-0.1, -0.05) is 6.07 Å². The number of nitrogens with two attached hydrogens (primary N) is 1. The number of ether oxygens (including phenoxy) is 2. The van der Waals surface area contributed by atoms with Crippen LogP contribution in [-0.4, -0.2) is 27.8 Å². The number of nitrogens with zero attached hydrogens (tertiary/aromatic N) is 3. The van der Waals surface area contributed by atoms with Crippen LogP contribution in [-0.2, 0) is 22.7 Å². The van der Waals surface area contributed by atoms with E-state index in [0.29, 0.717) is 17.3 Å². The number of carbonyl (C=O) groups is 1. The van der Waals surface area contributed by atoms with Crippen LogP contribution in [0.4, 0.5) is 5.69 Å². The number of carbonyl (C=O) groups excluding carboxylic acids is 1. The number of pyridine rings is 1. The molecule has 2 heterocycles. The van der Waals surface area contributed by atoms with Gasteiger partial charge in [0.2, 0.25) is 5.88 Å². The standard InChI is InChI=1S/C12H14N4O3/c1-18-11-4-2-3-10(15-11)8-19-12(17)7-16-6-9(13)5-14-16/h2-6H,7-8,13H2,1H3. The highest BCUT2D eigenvalue weighted by atomic mass is 16.5. The van der Waals surface area contributed by atoms with Gasteiger partial charge in [0.05, 0.1) is 24.7 Å². The molecule has 0 unspecified atom stereocenters. The predicted octanol–water partition coefficient (Wildman–Crippen LogP) is 0.612. The first-order chi connectivity index (χ1) is 9.17. The summed E-state index contributed by atoms with van der Waals surface area (Å²) in [5.74, 6) is 0.0705. The molecule has 0 aliphatic rings. The maximum Gasteiger partial charge on any atom is 0.328 e. The van der Waals surface area contributed by atoms with E-state index in [4.69, 9.17) is 15.2 Å². The lowest BCUT2D eigenvalue weighted by Gasteiger charge is -2.05. The molecule has 0 atom stereocenters. The van der Waals surface area contributed by atoms with Crippen molar-refractivity contribution >= 4 is 11.7 Å². The summed E-state index contributed by atoms with van der Waals surface area (Å²) in [4.78, 5) is 15.7. The molecule has 2 rings (SSSR count). The second-order valence-electron chi connectivity index (χ2n) is 3.80. The maximum absolute atomic E-state index is 11.6. The molecule has 7 heteroatoms. The van der Waals surface area contributed by atoms with E-state index < -0.39 is 5.97 Å². The van der Waals surface area contributed by atoms with Crippen molar-refractivity contribution in [3.05, 3.63) is 36.3 Å². The molecular formula is C12H14N4O3. The Balaban J connectivity index is 1.86. The van der Waals surface area contributed by atoms with Crippen LogP contribution in [0.3, 0.4) is 0 Å². The zero-order valence-electron chi connectivity index (χ0n) is 10.4. The Hall–Kier alpha value is -2.57. The molecule has 2 N–H and O–H groups in total. The van der Waals surface area contributed by atoms with Crippen LogP contribution >= 0.6 is 0 Å². The van der Waals surface area contributed by atoms with Gasteiger partial charge in [-0.3, -0.25) is 9.48 Å². The Labute approximate surface area is 110 Å². The molecule has 0 amide bonds. The van der Waals surface area contributed by atoms with Gasteiger partial charge in [-0.2, -0.15) is 5.10 Å². The van der Waals surface area contributed by atoms with Crippen molar-refractivity contribution in [2.75, 3.05) is 12.8 Å². The molecule has 0 aromatic carbocycles. The maximum atomic E-state index is 11.6. The molecule has 0 spiro atoms. The Morgan fingerprint density at radius 3 is 3.00 bits per heavy atom. The SMILES string of the molecule is COc1cccc(COC(=O)Cn2cc(N)cn2)n1. The second-order valence-corrected chi connectivity index (χ2v) is 3.80. The molecule has 100 valence electrons. The van der Waals surface area contributed by atoms with E-state index in [-0.39, 0.29) is 13.2 Å². The molecule has 2 aromatic rings. The molecule has 0 radical (unpaired) electrons. The van der Waals surface area contributed by atoms with Crippen LogP contribution in [0.25, 0.3) is 0 Å². The zero-order chi connectivity index (χ0) is 13.7. The van der Waals surface area contributed by atoms with E-state index in [2.05, 4.69) is 10.1 Å². The average molecular weight is 262 g/mol. The minimum atomic E-state index is -0.410. The van der Waals surface area contributed by atoms with Crippen LogP contribution in [0.1, 0.15) is 5.69 Å². The molecule has 7 nitrogen and oxygen atoms in total. The van der Waals surface area contributed by atoms with Gasteiger partial charge < -0.3 is 15.2 Å². The summed E-state index contributed by atoms with van der Waals surface area (Å²) in [6, 6.07) is 5.25. The fourth-order valence-corrected chi connectivity index (χ4v) is 1.45. The molecule has 0 saturated heterocycles. The number of hydrogen-bond donors (Lipinski definition) is 1. The van der Waals surface area contributed by atoms with E-state index in [1.165, 1.54) is 18.0 Å². The van der Waals surface area contributed by atoms with E-state index in [9.17, 15) is 4.79 Å². The summed E-state index contributed by atoms with van der Waals surface area (Å²) in [6.07, 6.45) is 3.03. The average Bonchev–Trinajstić information content (AvgIpc) is 2.82. The van der Waals surface area contributed by atoms with Crippen molar-refractivity contribution in [2.45, 2.75) is 13.2 Å². The van der Waals surface area contributed by atoms with Crippen LogP contribution < -0.4 is 10.5 Å². The Morgan fingerprint density at radius 2 is 2.32 bits per heavy atom. The third kappa shape index (κ3) is 3.70. The Kier molecular flexibility index (Phi) is 3.97. The second kappa shape index (κ2) is 5.85. The number of nitrogen functional groups attached to an aromatic ring is 1. The molecule has 0 aliphatic carbocycles. The monoisotopic (exact) mass is 262 g/mol. The minimum Gasteiger partial charge on any atom is -0.481 e. The van der Waals surface area contributed by atoms with E-state index in [1.54, 1.807) is 24.4 Å². The number of hydrogen-bond acceptors (Lipinski definition) is 6. The summed E-state index contributed by atoms with van der Waals surface area (Å²) in [5.41, 5.74) is 6.61. The molecule has 2 aromatic heterocycles. The largest absolute Gasteiger partial charge is 0.481 e. The van der Waals surface area contributed by atoms with Gasteiger partial charge in [0.15, 0.2) is 0 Å². The van der Waals surface area contributed by atoms with Crippen molar-refractivity contribution in [1.29, 1.82) is 0 Å². The molecular weight excluding hydrogens is 248 g/mol. The smallest absolute Gasteiger partial charge is 0.328 e. The van der Waals surface area contributed by atoms with E-state index >= 15 is 0 Å². The normalized spacial score (nSPS) is 10.2. The van der Waals surface area contributed by atoms with Crippen molar-refractivity contribution in [1.82, 2.24) is 14.8 Å². The third-order valence-electron chi connectivity index (χ3n) is 2.32. The molecule has 19 heavy (non-hydrogen) atoms. The third-order valence-corrected chi connectivity index (χ3v) is 2.32. The first kappa shape index (κ1) is 12.9. The predicted molar refractivity (Wildman–Crippen MR) is 67.2 cm³/mol. The van der Waals surface area contributed by atoms with Crippen LogP contribution in [0.5, 0.6) is 5.88 Å². The van der Waals surface area contributed by atoms with Gasteiger partial charge in [-0.25, -0.2) is 4.98 Å². The summed E-state index contributed by atoms with van der Waals surface area (Å²) in [7, 11) is 1.53. The number of esters is 1. The van der Waals surface area contributed by atoms with Gasteiger partial charge >= 0.3 is 5.97 Å². The summed E-state index contributed by atoms with van der Waals surface area (Å²) in [5, 5.41) is 3.89. The van der Waals surface area contributed by atoms with Gasteiger partial charge in [0, 0.05) is 12.3 Å². The van der Waals surface area contributed by atoms with Gasteiger partial charge in [0.1, 0.15) is 13.2 Å². The fraction of sp³-hybridized carbons (Fsp3) is 0.250. The minimum absolute atomic E-state index is 0.0150. The fourth-order valence-electron chi connectivity index (χ4n) is 1.45. The lowest BCUT2D eigenvalue weighted by Crippen LogP contribution is -2.14. The Morgan fingerprint density at radius 1 is 1.47 bits per heavy atom. The van der Waals surface area contributed by atoms with Crippen LogP contribution in [0, 0.1) is 0 Å². The molecule has 0 saturated carbocycles. The highest BCUT2D eigenvalue weighted by Crippen LogP contribution is 2.07. The van der Waals surface area contributed by atoms with Crippen molar-refractivity contribution in [3.8, 4) is 5.88 Å². The van der Waals surface area contributed by atoms with E-state index in [0.717, 1.165) is 0 Å². The highest BCUT2D eigenvalue weighted by Gasteiger charge is 2.06. The first-order valence-electron chi connectivity index (χ1n) is 5.61. The first-order valence-corrected chi connectivity index (χ1v) is 5.61. The summed E-state index contributed by atoms with van der Waals surface area (Å²) < 4.78 is 11.5. The molecule has 0 fully saturated rings.